The summed E-state index contributed by atoms with van der Waals surface area (Å²) in [4.78, 5) is 13.3. The van der Waals surface area contributed by atoms with E-state index >= 15 is 0 Å². The minimum atomic E-state index is -1.80. The van der Waals surface area contributed by atoms with Crippen LogP contribution in [0.2, 0.25) is 0 Å². The lowest BCUT2D eigenvalue weighted by molar-refractivity contribution is -0.359. The van der Waals surface area contributed by atoms with E-state index in [1.54, 1.807) is 6.08 Å². The minimum Gasteiger partial charge on any atom is -0.394 e. The summed E-state index contributed by atoms with van der Waals surface area (Å²) in [5.74, 6) is -0.256. The molecule has 1 amide bonds. The summed E-state index contributed by atoms with van der Waals surface area (Å²) < 4.78 is 22.9. The number of carbonyl (C=O) groups excluding carboxylic acids is 1. The lowest BCUT2D eigenvalue weighted by Crippen LogP contribution is -2.65. The van der Waals surface area contributed by atoms with Crippen LogP contribution in [-0.4, -0.2) is 140 Å². The highest BCUT2D eigenvalue weighted by Crippen LogP contribution is 2.30. The minimum absolute atomic E-state index is 0.256. The molecule has 0 bridgehead atoms. The Labute approximate surface area is 546 Å². The van der Waals surface area contributed by atoms with Crippen LogP contribution < -0.4 is 5.32 Å². The van der Waals surface area contributed by atoms with Crippen LogP contribution in [-0.2, 0) is 23.7 Å². The predicted molar refractivity (Wildman–Crippen MR) is 369 cm³/mol. The molecule has 12 atom stereocenters. The number of ether oxygens (including phenoxy) is 4. The Hall–Kier alpha value is -3.35. The van der Waals surface area contributed by atoms with Crippen LogP contribution in [0, 0.1) is 0 Å². The fraction of sp³-hybridized carbons (Fsp3) is 0.750. The van der Waals surface area contributed by atoms with E-state index in [0.717, 1.165) is 109 Å². The monoisotopic (exact) mass is 1270 g/mol. The van der Waals surface area contributed by atoms with Gasteiger partial charge in [0.15, 0.2) is 12.6 Å². The second-order valence-electron chi connectivity index (χ2n) is 25.0. The Kier molecular flexibility index (Phi) is 54.6. The summed E-state index contributed by atoms with van der Waals surface area (Å²) in [5.41, 5.74) is 0. The number of hydrogen-bond donors (Lipinski definition) is 9. The number of hydrogen-bond acceptors (Lipinski definition) is 13. The molecule has 0 radical (unpaired) electrons. The van der Waals surface area contributed by atoms with Crippen LogP contribution in [0.3, 0.4) is 0 Å². The Morgan fingerprint density at radius 2 is 0.767 bits per heavy atom. The van der Waals surface area contributed by atoms with E-state index in [9.17, 15) is 45.6 Å². The fourth-order valence-electron chi connectivity index (χ4n) is 11.3. The van der Waals surface area contributed by atoms with Crippen molar-refractivity contribution in [2.75, 3.05) is 19.8 Å². The van der Waals surface area contributed by atoms with E-state index in [2.05, 4.69) is 116 Å². The molecular formula is C76H131NO13. The number of allylic oxidation sites excluding steroid dienone is 17. The van der Waals surface area contributed by atoms with Gasteiger partial charge in [-0.2, -0.15) is 0 Å². The van der Waals surface area contributed by atoms with Crippen molar-refractivity contribution in [3.05, 3.63) is 109 Å². The smallest absolute Gasteiger partial charge is 0.220 e. The number of unbranched alkanes of at least 4 members (excludes halogenated alkanes) is 29. The summed E-state index contributed by atoms with van der Waals surface area (Å²) in [6.07, 6.45) is 68.4. The van der Waals surface area contributed by atoms with Gasteiger partial charge in [-0.15, -0.1) is 0 Å². The van der Waals surface area contributed by atoms with Gasteiger partial charge in [0, 0.05) is 6.42 Å². The van der Waals surface area contributed by atoms with Crippen molar-refractivity contribution in [1.82, 2.24) is 5.32 Å². The van der Waals surface area contributed by atoms with Crippen LogP contribution in [0.4, 0.5) is 0 Å². The second-order valence-corrected chi connectivity index (χ2v) is 25.0. The standard InChI is InChI=1S/C76H131NO13/c1-3-5-7-9-11-13-15-17-19-21-23-25-27-29-30-31-32-33-34-36-38-40-42-44-46-48-50-52-54-56-58-60-68(81)77-64(63-87-75-73(86)71(84)74(67(62-79)89-75)90-76-72(85)70(83)69(82)66(61-78)88-76)65(80)59-57-55-53-51-49-47-45-43-41-39-37-35-28-26-24-22-20-18-16-14-12-10-8-6-4-2/h5,7,11,13,17,19,23,25,29-30,32-33,36,38,42,44,57,59,64-67,69-76,78-80,82-86H,3-4,6,8-10,12,14-16,18,20-22,24,26-28,31,34-35,37,39-41,43,45-56,58,60-63H2,1-2H3,(H,77,81)/b7-5-,13-11-,19-17-,25-23-,30-29-,33-32-,38-36-,44-42-,59-57+. The molecule has 90 heavy (non-hydrogen) atoms. The van der Waals surface area contributed by atoms with Crippen molar-refractivity contribution < 1.29 is 64.6 Å². The molecule has 0 aromatic heterocycles. The zero-order chi connectivity index (χ0) is 65.2. The lowest BCUT2D eigenvalue weighted by Gasteiger charge is -2.46. The third kappa shape index (κ3) is 42.8. The van der Waals surface area contributed by atoms with E-state index in [1.165, 1.54) is 135 Å². The third-order valence-corrected chi connectivity index (χ3v) is 17.0. The van der Waals surface area contributed by atoms with Crippen molar-refractivity contribution in [3.8, 4) is 0 Å². The summed E-state index contributed by atoms with van der Waals surface area (Å²) in [7, 11) is 0. The van der Waals surface area contributed by atoms with Gasteiger partial charge in [-0.05, 0) is 83.5 Å². The Morgan fingerprint density at radius 3 is 1.18 bits per heavy atom. The van der Waals surface area contributed by atoms with Gasteiger partial charge in [0.05, 0.1) is 32.0 Å². The number of aliphatic hydroxyl groups is 8. The summed E-state index contributed by atoms with van der Waals surface area (Å²) in [6, 6.07) is -0.933. The summed E-state index contributed by atoms with van der Waals surface area (Å²) in [5, 5.41) is 87.5. The maximum absolute atomic E-state index is 13.3. The maximum atomic E-state index is 13.3. The topological polar surface area (TPSA) is 228 Å². The van der Waals surface area contributed by atoms with Crippen LogP contribution in [0.15, 0.2) is 109 Å². The lowest BCUT2D eigenvalue weighted by atomic mass is 9.97. The normalized spacial score (nSPS) is 23.6. The number of rotatable bonds is 58. The SMILES string of the molecule is CC/C=C\C/C=C\C/C=C\C/C=C\C/C=C\C/C=C\C/C=C\C/C=C\CCCCCCCCC(=O)NC(COC1OC(CO)C(OC2OC(CO)C(O)C(O)C2O)C(O)C1O)C(O)/C=C/CCCCCCCCCCCCCCCCCCCCCCCCC. The van der Waals surface area contributed by atoms with Gasteiger partial charge in [0.1, 0.15) is 48.8 Å². The van der Waals surface area contributed by atoms with Gasteiger partial charge in [-0.25, -0.2) is 0 Å². The van der Waals surface area contributed by atoms with Crippen molar-refractivity contribution >= 4 is 5.91 Å². The third-order valence-electron chi connectivity index (χ3n) is 17.0. The largest absolute Gasteiger partial charge is 0.394 e. The molecule has 0 saturated carbocycles. The Balaban J connectivity index is 1.70. The van der Waals surface area contributed by atoms with Crippen molar-refractivity contribution in [2.24, 2.45) is 0 Å². The van der Waals surface area contributed by atoms with Crippen LogP contribution in [0.25, 0.3) is 0 Å². The zero-order valence-corrected chi connectivity index (χ0v) is 56.3. The van der Waals surface area contributed by atoms with Gasteiger partial charge in [-0.1, -0.05) is 290 Å². The molecule has 2 heterocycles. The fourth-order valence-corrected chi connectivity index (χ4v) is 11.3. The van der Waals surface area contributed by atoms with Crippen LogP contribution in [0.5, 0.6) is 0 Å². The molecule has 518 valence electrons. The average molecular weight is 1270 g/mol. The molecule has 9 N–H and O–H groups in total. The molecule has 2 aliphatic rings. The molecule has 0 aliphatic carbocycles. The first-order valence-electron chi connectivity index (χ1n) is 36.1. The highest BCUT2D eigenvalue weighted by atomic mass is 16.7. The molecule has 0 aromatic rings. The highest BCUT2D eigenvalue weighted by molar-refractivity contribution is 5.76. The molecular weight excluding hydrogens is 1130 g/mol. The average Bonchev–Trinajstić information content (AvgIpc) is 1.42. The van der Waals surface area contributed by atoms with Gasteiger partial charge in [-0.3, -0.25) is 4.79 Å². The van der Waals surface area contributed by atoms with Gasteiger partial charge >= 0.3 is 0 Å². The van der Waals surface area contributed by atoms with Gasteiger partial charge in [0.25, 0.3) is 0 Å². The number of nitrogens with one attached hydrogen (secondary N) is 1. The van der Waals surface area contributed by atoms with E-state index in [-0.39, 0.29) is 18.9 Å². The Morgan fingerprint density at radius 1 is 0.411 bits per heavy atom. The predicted octanol–water partition coefficient (Wildman–Crippen LogP) is 15.1. The first kappa shape index (κ1) is 82.7. The molecule has 14 heteroatoms. The van der Waals surface area contributed by atoms with Gasteiger partial charge in [0.2, 0.25) is 5.91 Å². The molecule has 2 saturated heterocycles. The van der Waals surface area contributed by atoms with Crippen LogP contribution in [0.1, 0.15) is 271 Å². The quantitative estimate of drug-likeness (QED) is 0.0204. The molecule has 14 nitrogen and oxygen atoms in total. The zero-order valence-electron chi connectivity index (χ0n) is 56.3. The second kappa shape index (κ2) is 59.4. The number of carbonyl (C=O) groups is 1. The summed E-state index contributed by atoms with van der Waals surface area (Å²) in [6.45, 7) is 2.70. The first-order chi connectivity index (χ1) is 44.1. The maximum Gasteiger partial charge on any atom is 0.220 e. The van der Waals surface area contributed by atoms with Crippen molar-refractivity contribution in [2.45, 2.75) is 344 Å². The van der Waals surface area contributed by atoms with Crippen LogP contribution >= 0.6 is 0 Å². The van der Waals surface area contributed by atoms with E-state index in [1.807, 2.05) is 6.08 Å². The van der Waals surface area contributed by atoms with E-state index in [0.29, 0.717) is 6.42 Å². The van der Waals surface area contributed by atoms with E-state index < -0.39 is 86.8 Å². The molecule has 12 unspecified atom stereocenters. The van der Waals surface area contributed by atoms with E-state index in [4.69, 9.17) is 18.9 Å². The highest BCUT2D eigenvalue weighted by Gasteiger charge is 2.51. The molecule has 2 aliphatic heterocycles. The first-order valence-corrected chi connectivity index (χ1v) is 36.1. The molecule has 2 rings (SSSR count). The Bertz CT molecular complexity index is 1930. The van der Waals surface area contributed by atoms with Crippen molar-refractivity contribution in [1.29, 1.82) is 0 Å². The molecule has 2 fully saturated rings. The van der Waals surface area contributed by atoms with Crippen molar-refractivity contribution in [3.63, 3.8) is 0 Å². The summed E-state index contributed by atoms with van der Waals surface area (Å²) >= 11 is 0. The number of aliphatic hydroxyl groups excluding tert-OH is 8. The molecule has 0 spiro atoms. The van der Waals surface area contributed by atoms with Gasteiger partial charge < -0.3 is 65.1 Å². The number of amides is 1. The molecule has 0 aromatic carbocycles.